The molecular formula is C7H14O2Si. The van der Waals surface area contributed by atoms with E-state index in [4.69, 9.17) is 8.85 Å². The summed E-state index contributed by atoms with van der Waals surface area (Å²) in [5.41, 5.74) is 2.24. The highest BCUT2D eigenvalue weighted by atomic mass is 28.3. The Balaban J connectivity index is 2.33. The Morgan fingerprint density at radius 2 is 1.90 bits per heavy atom. The minimum Gasteiger partial charge on any atom is -0.526 e. The third-order valence-electron chi connectivity index (χ3n) is 1.92. The Bertz CT molecular complexity index is 124. The van der Waals surface area contributed by atoms with E-state index in [2.05, 4.69) is 5.67 Å². The van der Waals surface area contributed by atoms with Crippen LogP contribution in [0.5, 0.6) is 0 Å². The van der Waals surface area contributed by atoms with Crippen LogP contribution in [-0.4, -0.2) is 28.8 Å². The summed E-state index contributed by atoms with van der Waals surface area (Å²) in [5, 5.41) is 0. The van der Waals surface area contributed by atoms with Crippen LogP contribution in [0.15, 0.2) is 0 Å². The van der Waals surface area contributed by atoms with Crippen molar-refractivity contribution in [3.8, 4) is 0 Å². The molecule has 0 unspecified atom stereocenters. The van der Waals surface area contributed by atoms with Crippen molar-refractivity contribution < 1.29 is 8.85 Å². The predicted octanol–water partition coefficient (Wildman–Crippen LogP) is 0.951. The van der Waals surface area contributed by atoms with Gasteiger partial charge in [0, 0.05) is 0 Å². The van der Waals surface area contributed by atoms with Crippen molar-refractivity contribution in [1.82, 2.24) is 0 Å². The molecule has 0 aromatic carbocycles. The zero-order valence-electron chi connectivity index (χ0n) is 6.59. The van der Waals surface area contributed by atoms with Gasteiger partial charge in [0.1, 0.15) is 0 Å². The van der Waals surface area contributed by atoms with E-state index in [0.29, 0.717) is 0 Å². The molecule has 0 aromatic heterocycles. The average Bonchev–Trinajstić information content (AvgIpc) is 1.87. The molecule has 0 radical (unpaired) electrons. The lowest BCUT2D eigenvalue weighted by Gasteiger charge is -2.21. The molecule has 1 fully saturated rings. The molecule has 0 aliphatic heterocycles. The Morgan fingerprint density at radius 1 is 1.30 bits per heavy atom. The van der Waals surface area contributed by atoms with Gasteiger partial charge in [0.05, 0.1) is 14.2 Å². The Kier molecular flexibility index (Phi) is 2.93. The third-order valence-corrected chi connectivity index (χ3v) is 3.47. The summed E-state index contributed by atoms with van der Waals surface area (Å²) in [4.78, 5) is 0. The molecule has 0 atom stereocenters. The Labute approximate surface area is 63.6 Å². The van der Waals surface area contributed by atoms with E-state index in [-0.39, 0.29) is 0 Å². The molecule has 58 valence electrons. The van der Waals surface area contributed by atoms with Gasteiger partial charge in [0.15, 0.2) is 0 Å². The van der Waals surface area contributed by atoms with Crippen LogP contribution < -0.4 is 0 Å². The van der Waals surface area contributed by atoms with Crippen LogP contribution in [0.3, 0.4) is 0 Å². The first kappa shape index (κ1) is 7.79. The second-order valence-electron chi connectivity index (χ2n) is 2.58. The van der Waals surface area contributed by atoms with Crippen LogP contribution in [0.4, 0.5) is 0 Å². The monoisotopic (exact) mass is 158 g/mol. The summed E-state index contributed by atoms with van der Waals surface area (Å²) in [6, 6.07) is 0. The van der Waals surface area contributed by atoms with Gasteiger partial charge in [-0.1, -0.05) is 6.42 Å². The molecule has 0 bridgehead atoms. The van der Waals surface area contributed by atoms with Gasteiger partial charge in [-0.2, -0.15) is 0 Å². The second-order valence-corrected chi connectivity index (χ2v) is 4.37. The third kappa shape index (κ3) is 1.83. The second kappa shape index (κ2) is 3.76. The van der Waals surface area contributed by atoms with Crippen molar-refractivity contribution >= 4 is 14.6 Å². The molecule has 1 rings (SSSR count). The van der Waals surface area contributed by atoms with E-state index >= 15 is 0 Å². The van der Waals surface area contributed by atoms with Gasteiger partial charge in [-0.3, -0.25) is 0 Å². The molecule has 0 saturated heterocycles. The van der Waals surface area contributed by atoms with Gasteiger partial charge in [-0.05, 0) is 24.4 Å². The topological polar surface area (TPSA) is 18.5 Å². The summed E-state index contributed by atoms with van der Waals surface area (Å²) < 4.78 is 10.3. The van der Waals surface area contributed by atoms with E-state index in [0.717, 1.165) is 5.92 Å². The quantitative estimate of drug-likeness (QED) is 0.569. The van der Waals surface area contributed by atoms with Crippen LogP contribution in [0, 0.1) is 5.92 Å². The molecule has 0 spiro atoms. The average molecular weight is 158 g/mol. The molecule has 3 heteroatoms. The van der Waals surface area contributed by atoms with Crippen LogP contribution in [0.2, 0.25) is 0 Å². The number of hydrogen-bond acceptors (Lipinski definition) is 2. The van der Waals surface area contributed by atoms with Gasteiger partial charge in [-0.15, -0.1) is 0 Å². The number of hydrogen-bond donors (Lipinski definition) is 0. The Hall–Kier alpha value is -0.313. The van der Waals surface area contributed by atoms with Crippen LogP contribution in [0.1, 0.15) is 19.3 Å². The fraction of sp³-hybridized carbons (Fsp3) is 0.857. The zero-order valence-corrected chi connectivity index (χ0v) is 7.59. The van der Waals surface area contributed by atoms with Crippen molar-refractivity contribution in [3.63, 3.8) is 0 Å². The summed E-state index contributed by atoms with van der Waals surface area (Å²) in [6.45, 7) is 0. The fourth-order valence-electron chi connectivity index (χ4n) is 1.02. The minimum absolute atomic E-state index is 0.786. The minimum atomic E-state index is -1.01. The molecule has 10 heavy (non-hydrogen) atoms. The van der Waals surface area contributed by atoms with Gasteiger partial charge in [0.2, 0.25) is 0 Å². The van der Waals surface area contributed by atoms with Gasteiger partial charge < -0.3 is 8.85 Å². The standard InChI is InChI=1S/C7H14O2Si/c1-8-10(9-2)6-7-4-3-5-7/h6-7H,3-5H2,1-2H3. The number of rotatable bonds is 3. The molecule has 1 saturated carbocycles. The molecule has 1 aliphatic rings. The van der Waals surface area contributed by atoms with Gasteiger partial charge in [0.25, 0.3) is 0 Å². The van der Waals surface area contributed by atoms with Crippen molar-refractivity contribution in [1.29, 1.82) is 0 Å². The normalized spacial score (nSPS) is 17.4. The lowest BCUT2D eigenvalue weighted by atomic mass is 9.87. The maximum Gasteiger partial charge on any atom is 0.475 e. The fourth-order valence-corrected chi connectivity index (χ4v) is 2.18. The molecule has 0 aromatic rings. The van der Waals surface area contributed by atoms with E-state index in [1.807, 2.05) is 0 Å². The highest BCUT2D eigenvalue weighted by molar-refractivity contribution is 6.54. The highest BCUT2D eigenvalue weighted by Crippen LogP contribution is 2.23. The van der Waals surface area contributed by atoms with Crippen LogP contribution >= 0.6 is 0 Å². The van der Waals surface area contributed by atoms with Gasteiger partial charge in [-0.25, -0.2) is 0 Å². The van der Waals surface area contributed by atoms with Crippen molar-refractivity contribution in [2.75, 3.05) is 14.2 Å². The summed E-state index contributed by atoms with van der Waals surface area (Å²) in [6.07, 6.45) is 4.05. The van der Waals surface area contributed by atoms with Gasteiger partial charge >= 0.3 is 8.90 Å². The molecular weight excluding hydrogens is 144 g/mol. The summed E-state index contributed by atoms with van der Waals surface area (Å²) in [7, 11) is 2.42. The highest BCUT2D eigenvalue weighted by Gasteiger charge is 2.17. The first-order valence-electron chi connectivity index (χ1n) is 3.66. The SMILES string of the molecule is CO[Si](=CC1CCC1)OC. The smallest absolute Gasteiger partial charge is 0.475 e. The molecule has 1 aliphatic carbocycles. The summed E-state index contributed by atoms with van der Waals surface area (Å²) in [5.74, 6) is 0.786. The molecule has 0 amide bonds. The van der Waals surface area contributed by atoms with Crippen molar-refractivity contribution in [3.05, 3.63) is 0 Å². The first-order chi connectivity index (χ1) is 4.86. The van der Waals surface area contributed by atoms with E-state index in [9.17, 15) is 0 Å². The summed E-state index contributed by atoms with van der Waals surface area (Å²) >= 11 is 0. The maximum absolute atomic E-state index is 5.13. The van der Waals surface area contributed by atoms with E-state index < -0.39 is 8.90 Å². The van der Waals surface area contributed by atoms with E-state index in [1.54, 1.807) is 14.2 Å². The zero-order chi connectivity index (χ0) is 7.40. The predicted molar refractivity (Wildman–Crippen MR) is 43.2 cm³/mol. The molecule has 0 N–H and O–H groups in total. The van der Waals surface area contributed by atoms with Crippen molar-refractivity contribution in [2.24, 2.45) is 5.92 Å². The van der Waals surface area contributed by atoms with Crippen LogP contribution in [0.25, 0.3) is 0 Å². The Morgan fingerprint density at radius 3 is 2.20 bits per heavy atom. The van der Waals surface area contributed by atoms with Crippen LogP contribution in [-0.2, 0) is 8.85 Å². The van der Waals surface area contributed by atoms with Crippen molar-refractivity contribution in [2.45, 2.75) is 19.3 Å². The largest absolute Gasteiger partial charge is 0.526 e. The lowest BCUT2D eigenvalue weighted by Crippen LogP contribution is -2.21. The maximum atomic E-state index is 5.13. The molecule has 2 nitrogen and oxygen atoms in total. The first-order valence-corrected chi connectivity index (χ1v) is 5.06. The lowest BCUT2D eigenvalue weighted by molar-refractivity contribution is 0.300. The molecule has 0 heterocycles. The van der Waals surface area contributed by atoms with E-state index in [1.165, 1.54) is 19.3 Å².